The molecule has 10 nitrogen and oxygen atoms in total. The maximum atomic E-state index is 13.2. The van der Waals surface area contributed by atoms with Gasteiger partial charge in [-0.1, -0.05) is 24.3 Å². The van der Waals surface area contributed by atoms with Crippen LogP contribution in [0.3, 0.4) is 0 Å². The molecule has 0 spiro atoms. The van der Waals surface area contributed by atoms with E-state index in [9.17, 15) is 10.1 Å². The maximum absolute atomic E-state index is 13.2. The minimum atomic E-state index is -0.189. The predicted molar refractivity (Wildman–Crippen MR) is 184 cm³/mol. The largest absolute Gasteiger partial charge is 0.381 e. The Morgan fingerprint density at radius 3 is 2.65 bits per heavy atom. The fraction of sp³-hybridized carbons (Fsp3) is 0.556. The van der Waals surface area contributed by atoms with Crippen LogP contribution in [0.1, 0.15) is 42.5 Å². The van der Waals surface area contributed by atoms with Crippen LogP contribution in [0.25, 0.3) is 0 Å². The van der Waals surface area contributed by atoms with Crippen LogP contribution in [0.5, 0.6) is 0 Å². The zero-order chi connectivity index (χ0) is 32.2. The number of nitrogens with zero attached hydrogens (tertiary/aromatic N) is 9. The third-order valence-electron chi connectivity index (χ3n) is 9.97. The van der Waals surface area contributed by atoms with Crippen LogP contribution in [-0.2, 0) is 24.1 Å². The van der Waals surface area contributed by atoms with E-state index in [2.05, 4.69) is 70.1 Å². The minimum Gasteiger partial charge on any atom is -0.381 e. The summed E-state index contributed by atoms with van der Waals surface area (Å²) >= 11 is 0. The van der Waals surface area contributed by atoms with Gasteiger partial charge < -0.3 is 29.4 Å². The molecular formula is C36H49N9O. The highest BCUT2D eigenvalue weighted by Gasteiger charge is 2.35. The molecule has 1 saturated heterocycles. The quantitative estimate of drug-likeness (QED) is 0.411. The fourth-order valence-electron chi connectivity index (χ4n) is 7.50. The lowest BCUT2D eigenvalue weighted by Gasteiger charge is -2.43. The fourth-order valence-corrected chi connectivity index (χ4v) is 7.50. The van der Waals surface area contributed by atoms with Crippen LogP contribution >= 0.6 is 0 Å². The van der Waals surface area contributed by atoms with Crippen LogP contribution in [0, 0.1) is 11.3 Å². The van der Waals surface area contributed by atoms with Gasteiger partial charge in [0.25, 0.3) is 0 Å². The zero-order valence-corrected chi connectivity index (χ0v) is 28.0. The molecule has 4 heterocycles. The Kier molecular flexibility index (Phi) is 9.78. The average molecular weight is 624 g/mol. The number of benzene rings is 1. The van der Waals surface area contributed by atoms with E-state index in [0.717, 1.165) is 69.2 Å². The van der Waals surface area contributed by atoms with E-state index in [0.29, 0.717) is 38.6 Å². The third-order valence-corrected chi connectivity index (χ3v) is 9.97. The number of carbonyl (C=O) groups excluding carboxylic acids is 1. The van der Waals surface area contributed by atoms with Crippen molar-refractivity contribution in [2.45, 2.75) is 57.0 Å². The molecule has 1 aromatic heterocycles. The molecule has 4 aliphatic rings. The topological polar surface area (TPSA) is 86.1 Å². The number of aryl methyl sites for hydroxylation is 1. The van der Waals surface area contributed by atoms with Crippen LogP contribution in [-0.4, -0.2) is 117 Å². The van der Waals surface area contributed by atoms with Gasteiger partial charge in [-0.15, -0.1) is 0 Å². The summed E-state index contributed by atoms with van der Waals surface area (Å²) in [6.07, 6.45) is 12.3. The summed E-state index contributed by atoms with van der Waals surface area (Å²) in [6.45, 7) is 5.30. The van der Waals surface area contributed by atoms with Gasteiger partial charge in [0.2, 0.25) is 11.9 Å². The monoisotopic (exact) mass is 623 g/mol. The van der Waals surface area contributed by atoms with Crippen LogP contribution in [0.4, 0.5) is 17.5 Å². The molecule has 6 rings (SSSR count). The van der Waals surface area contributed by atoms with Gasteiger partial charge in [-0.3, -0.25) is 4.79 Å². The van der Waals surface area contributed by atoms with Gasteiger partial charge in [0.05, 0.1) is 24.2 Å². The first-order valence-electron chi connectivity index (χ1n) is 16.9. The highest BCUT2D eigenvalue weighted by atomic mass is 16.2. The first-order chi connectivity index (χ1) is 22.3. The number of fused-ring (bicyclic) bond motifs is 2. The van der Waals surface area contributed by atoms with Gasteiger partial charge in [-0.2, -0.15) is 10.2 Å². The highest BCUT2D eigenvalue weighted by Crippen LogP contribution is 2.37. The lowest BCUT2D eigenvalue weighted by atomic mass is 9.88. The van der Waals surface area contributed by atoms with Gasteiger partial charge in [-0.25, -0.2) is 4.98 Å². The lowest BCUT2D eigenvalue weighted by molar-refractivity contribution is -0.128. The summed E-state index contributed by atoms with van der Waals surface area (Å²) in [5, 5.41) is 9.74. The van der Waals surface area contributed by atoms with Crippen molar-refractivity contribution in [3.05, 3.63) is 65.0 Å². The van der Waals surface area contributed by atoms with Crippen molar-refractivity contribution in [2.24, 2.45) is 0 Å². The summed E-state index contributed by atoms with van der Waals surface area (Å²) in [4.78, 5) is 37.2. The molecule has 0 bridgehead atoms. The number of amides is 1. The van der Waals surface area contributed by atoms with E-state index in [-0.39, 0.29) is 11.9 Å². The Morgan fingerprint density at radius 2 is 1.89 bits per heavy atom. The summed E-state index contributed by atoms with van der Waals surface area (Å²) in [5.74, 6) is 1.77. The zero-order valence-electron chi connectivity index (χ0n) is 28.0. The van der Waals surface area contributed by atoms with Crippen LogP contribution in [0.2, 0.25) is 0 Å². The van der Waals surface area contributed by atoms with Gasteiger partial charge in [0, 0.05) is 102 Å². The van der Waals surface area contributed by atoms with E-state index in [1.165, 1.54) is 28.9 Å². The molecule has 46 heavy (non-hydrogen) atoms. The molecule has 1 aromatic carbocycles. The van der Waals surface area contributed by atoms with E-state index < -0.39 is 0 Å². The standard InChI is InChI=1S/C36H49N9O/c1-40(2)19-8-12-34(46)45-24-23-43(26-30(45)15-18-37)35-31-14-13-29(44-20-7-10-27-9-5-6-11-33(27)44)25-32(31)38-36(39-35)42-21-16-28(17-22-42)41(3)4/h5-6,8-9,11-12,16,29-30H,7,10,13-15,17,19-26H2,1-4H3/b12-8+/t29-,30-/m0/s1. The number of carbonyl (C=O) groups is 1. The SMILES string of the molecule is CN(C)C/C=C/C(=O)N1CCN(c2nc(N3CC=C(N(C)C)CC3)nc3c2CC[C@H](N2CCCc4ccccc42)C3)C[C@@H]1CC#N. The normalized spacial score (nSPS) is 21.6. The van der Waals surface area contributed by atoms with Crippen LogP contribution < -0.4 is 14.7 Å². The van der Waals surface area contributed by atoms with E-state index in [1.807, 2.05) is 30.0 Å². The van der Waals surface area contributed by atoms with Crippen molar-refractivity contribution in [1.82, 2.24) is 24.7 Å². The van der Waals surface area contributed by atoms with Crippen molar-refractivity contribution < 1.29 is 4.79 Å². The number of anilines is 3. The van der Waals surface area contributed by atoms with Crippen molar-refractivity contribution in [2.75, 3.05) is 88.7 Å². The molecule has 1 aliphatic carbocycles. The van der Waals surface area contributed by atoms with Crippen molar-refractivity contribution in [1.29, 1.82) is 5.26 Å². The Balaban J connectivity index is 1.30. The number of hydrogen-bond donors (Lipinski definition) is 0. The molecule has 10 heteroatoms. The Bertz CT molecular complexity index is 1510. The molecule has 0 N–H and O–H groups in total. The molecule has 2 aromatic rings. The molecule has 0 radical (unpaired) electrons. The lowest BCUT2D eigenvalue weighted by Crippen LogP contribution is -2.55. The number of rotatable bonds is 8. The van der Waals surface area contributed by atoms with Gasteiger partial charge >= 0.3 is 0 Å². The molecule has 2 atom stereocenters. The van der Waals surface area contributed by atoms with Gasteiger partial charge in [0.1, 0.15) is 5.82 Å². The summed E-state index contributed by atoms with van der Waals surface area (Å²) in [5.41, 5.74) is 6.58. The van der Waals surface area contributed by atoms with Gasteiger partial charge in [-0.05, 0) is 57.5 Å². The predicted octanol–water partition coefficient (Wildman–Crippen LogP) is 3.49. The first kappa shape index (κ1) is 31.9. The number of para-hydroxylation sites is 1. The molecule has 244 valence electrons. The number of aromatic nitrogens is 2. The number of likely N-dealkylation sites (N-methyl/N-ethyl adjacent to an activating group) is 1. The Morgan fingerprint density at radius 1 is 1.04 bits per heavy atom. The third kappa shape index (κ3) is 6.85. The highest BCUT2D eigenvalue weighted by molar-refractivity contribution is 5.88. The molecule has 1 amide bonds. The Labute approximate surface area is 274 Å². The molecule has 3 aliphatic heterocycles. The second-order valence-corrected chi connectivity index (χ2v) is 13.5. The van der Waals surface area contributed by atoms with E-state index in [1.54, 1.807) is 6.08 Å². The average Bonchev–Trinajstić information content (AvgIpc) is 3.07. The van der Waals surface area contributed by atoms with Crippen molar-refractivity contribution in [3.63, 3.8) is 0 Å². The molecular weight excluding hydrogens is 574 g/mol. The smallest absolute Gasteiger partial charge is 0.246 e. The molecule has 1 fully saturated rings. The van der Waals surface area contributed by atoms with Crippen molar-refractivity contribution >= 4 is 23.4 Å². The van der Waals surface area contributed by atoms with Crippen molar-refractivity contribution in [3.8, 4) is 6.07 Å². The molecule has 0 unspecified atom stereocenters. The number of nitriles is 1. The number of hydrogen-bond acceptors (Lipinski definition) is 9. The minimum absolute atomic E-state index is 0.0198. The first-order valence-corrected chi connectivity index (χ1v) is 16.9. The van der Waals surface area contributed by atoms with Crippen LogP contribution in [0.15, 0.2) is 48.2 Å². The number of piperazine rings is 1. The van der Waals surface area contributed by atoms with Gasteiger partial charge in [0.15, 0.2) is 0 Å². The van der Waals surface area contributed by atoms with E-state index in [4.69, 9.17) is 9.97 Å². The maximum Gasteiger partial charge on any atom is 0.246 e. The second kappa shape index (κ2) is 14.1. The summed E-state index contributed by atoms with van der Waals surface area (Å²) in [6, 6.07) is 11.5. The molecule has 0 saturated carbocycles. The second-order valence-electron chi connectivity index (χ2n) is 13.5. The summed E-state index contributed by atoms with van der Waals surface area (Å²) in [7, 11) is 8.18. The summed E-state index contributed by atoms with van der Waals surface area (Å²) < 4.78 is 0. The van der Waals surface area contributed by atoms with E-state index >= 15 is 0 Å². The Hall–Kier alpha value is -4.10.